The molecule has 2 rings (SSSR count). The smallest absolute Gasteiger partial charge is 0.412 e. The molecule has 1 amide bonds. The predicted molar refractivity (Wildman–Crippen MR) is 80.3 cm³/mol. The van der Waals surface area contributed by atoms with Gasteiger partial charge in [-0.2, -0.15) is 4.99 Å². The SMILES string of the molecule is CC(C)(C)OC(=O)Nc1ccc(Cl)c(C2(N=C=O)CC2)c1. The van der Waals surface area contributed by atoms with E-state index in [1.54, 1.807) is 45.1 Å². The number of hydrogen-bond donors (Lipinski definition) is 1. The van der Waals surface area contributed by atoms with Gasteiger partial charge in [-0.25, -0.2) is 9.59 Å². The van der Waals surface area contributed by atoms with Gasteiger partial charge < -0.3 is 4.74 Å². The average molecular weight is 309 g/mol. The summed E-state index contributed by atoms with van der Waals surface area (Å²) in [7, 11) is 0. The molecular weight excluding hydrogens is 292 g/mol. The van der Waals surface area contributed by atoms with Gasteiger partial charge in [0, 0.05) is 16.3 Å². The van der Waals surface area contributed by atoms with Gasteiger partial charge in [0.1, 0.15) is 5.60 Å². The van der Waals surface area contributed by atoms with Crippen LogP contribution in [0.2, 0.25) is 5.02 Å². The molecule has 0 bridgehead atoms. The van der Waals surface area contributed by atoms with E-state index >= 15 is 0 Å². The van der Waals surface area contributed by atoms with E-state index in [9.17, 15) is 9.59 Å². The van der Waals surface area contributed by atoms with E-state index in [0.717, 1.165) is 18.4 Å². The minimum Gasteiger partial charge on any atom is -0.444 e. The standard InChI is InChI=1S/C15H17ClN2O3/c1-14(2,3)21-13(20)18-10-4-5-12(16)11(8-10)15(6-7-15)17-9-19/h4-5,8H,6-7H2,1-3H3,(H,18,20). The molecule has 6 heteroatoms. The molecule has 112 valence electrons. The molecule has 5 nitrogen and oxygen atoms in total. The lowest BCUT2D eigenvalue weighted by atomic mass is 10.0. The summed E-state index contributed by atoms with van der Waals surface area (Å²) in [6.45, 7) is 5.37. The second kappa shape index (κ2) is 5.51. The molecular formula is C15H17ClN2O3. The number of isocyanates is 1. The van der Waals surface area contributed by atoms with Crippen LogP contribution in [0.15, 0.2) is 23.2 Å². The Hall–Kier alpha value is -1.84. The summed E-state index contributed by atoms with van der Waals surface area (Å²) in [5.74, 6) is 0. The third-order valence-corrected chi connectivity index (χ3v) is 3.43. The van der Waals surface area contributed by atoms with Gasteiger partial charge in [-0.1, -0.05) is 11.6 Å². The maximum atomic E-state index is 11.8. The number of aliphatic imine (C=N–C) groups is 1. The Balaban J connectivity index is 2.20. The average Bonchev–Trinajstić information content (AvgIpc) is 3.10. The van der Waals surface area contributed by atoms with E-state index < -0.39 is 17.2 Å². The lowest BCUT2D eigenvalue weighted by Gasteiger charge is -2.20. The molecule has 0 heterocycles. The number of ether oxygens (including phenoxy) is 1. The lowest BCUT2D eigenvalue weighted by molar-refractivity contribution is 0.0636. The van der Waals surface area contributed by atoms with Crippen LogP contribution < -0.4 is 5.32 Å². The molecule has 0 spiro atoms. The number of benzene rings is 1. The summed E-state index contributed by atoms with van der Waals surface area (Å²) in [6.07, 6.45) is 2.55. The Morgan fingerprint density at radius 3 is 2.62 bits per heavy atom. The van der Waals surface area contributed by atoms with Gasteiger partial charge in [-0.3, -0.25) is 5.32 Å². The number of carbonyl (C=O) groups excluding carboxylic acids is 2. The Morgan fingerprint density at radius 2 is 2.10 bits per heavy atom. The van der Waals surface area contributed by atoms with Gasteiger partial charge in [0.15, 0.2) is 0 Å². The molecule has 0 radical (unpaired) electrons. The highest BCUT2D eigenvalue weighted by Crippen LogP contribution is 2.51. The summed E-state index contributed by atoms with van der Waals surface area (Å²) < 4.78 is 5.19. The second-order valence-corrected chi connectivity index (χ2v) is 6.46. The van der Waals surface area contributed by atoms with Crippen molar-refractivity contribution in [2.75, 3.05) is 5.32 Å². The van der Waals surface area contributed by atoms with Crippen LogP contribution in [0.4, 0.5) is 10.5 Å². The molecule has 0 unspecified atom stereocenters. The third-order valence-electron chi connectivity index (χ3n) is 3.10. The van der Waals surface area contributed by atoms with Gasteiger partial charge in [0.2, 0.25) is 6.08 Å². The van der Waals surface area contributed by atoms with Crippen LogP contribution >= 0.6 is 11.6 Å². The van der Waals surface area contributed by atoms with Crippen molar-refractivity contribution in [3.05, 3.63) is 28.8 Å². The zero-order valence-electron chi connectivity index (χ0n) is 12.2. The third kappa shape index (κ3) is 3.84. The zero-order valence-corrected chi connectivity index (χ0v) is 13.0. The highest BCUT2D eigenvalue weighted by molar-refractivity contribution is 6.31. The van der Waals surface area contributed by atoms with Crippen molar-refractivity contribution in [2.45, 2.75) is 44.8 Å². The second-order valence-electron chi connectivity index (χ2n) is 6.06. The number of nitrogens with zero attached hydrogens (tertiary/aromatic N) is 1. The predicted octanol–water partition coefficient (Wildman–Crippen LogP) is 4.01. The van der Waals surface area contributed by atoms with Crippen molar-refractivity contribution in [3.63, 3.8) is 0 Å². The Bertz CT molecular complexity index is 612. The highest BCUT2D eigenvalue weighted by atomic mass is 35.5. The summed E-state index contributed by atoms with van der Waals surface area (Å²) in [5.41, 5.74) is 0.126. The van der Waals surface area contributed by atoms with Gasteiger partial charge in [-0.15, -0.1) is 0 Å². The van der Waals surface area contributed by atoms with Crippen LogP contribution in [0.1, 0.15) is 39.2 Å². The summed E-state index contributed by atoms with van der Waals surface area (Å²) >= 11 is 6.17. The quantitative estimate of drug-likeness (QED) is 0.677. The fourth-order valence-electron chi connectivity index (χ4n) is 2.03. The molecule has 1 aliphatic carbocycles. The number of amides is 1. The molecule has 0 aliphatic heterocycles. The van der Waals surface area contributed by atoms with Crippen molar-refractivity contribution < 1.29 is 14.3 Å². The number of carbonyl (C=O) groups is 1. The van der Waals surface area contributed by atoms with Crippen LogP contribution in [-0.4, -0.2) is 17.8 Å². The molecule has 0 saturated heterocycles. The van der Waals surface area contributed by atoms with Crippen molar-refractivity contribution in [1.29, 1.82) is 0 Å². The Kier molecular flexibility index (Phi) is 4.08. The van der Waals surface area contributed by atoms with Gasteiger partial charge in [0.25, 0.3) is 0 Å². The van der Waals surface area contributed by atoms with E-state index in [0.29, 0.717) is 10.7 Å². The lowest BCUT2D eigenvalue weighted by Crippen LogP contribution is -2.27. The number of halogens is 1. The van der Waals surface area contributed by atoms with Crippen molar-refractivity contribution in [2.24, 2.45) is 4.99 Å². The summed E-state index contributed by atoms with van der Waals surface area (Å²) in [6, 6.07) is 5.07. The van der Waals surface area contributed by atoms with Crippen LogP contribution in [-0.2, 0) is 15.1 Å². The number of hydrogen-bond acceptors (Lipinski definition) is 4. The maximum Gasteiger partial charge on any atom is 0.412 e. The van der Waals surface area contributed by atoms with Crippen LogP contribution in [0.3, 0.4) is 0 Å². The van der Waals surface area contributed by atoms with E-state index in [1.165, 1.54) is 0 Å². The summed E-state index contributed by atoms with van der Waals surface area (Å²) in [4.78, 5) is 26.1. The van der Waals surface area contributed by atoms with Crippen LogP contribution in [0.5, 0.6) is 0 Å². The number of anilines is 1. The first kappa shape index (κ1) is 15.5. The zero-order chi connectivity index (χ0) is 15.7. The van der Waals surface area contributed by atoms with E-state index in [-0.39, 0.29) is 0 Å². The summed E-state index contributed by atoms with van der Waals surface area (Å²) in [5, 5.41) is 3.16. The molecule has 1 N–H and O–H groups in total. The molecule has 1 aromatic carbocycles. The van der Waals surface area contributed by atoms with E-state index in [4.69, 9.17) is 16.3 Å². The molecule has 1 saturated carbocycles. The molecule has 21 heavy (non-hydrogen) atoms. The molecule has 1 aromatic rings. The Labute approximate surface area is 128 Å². The molecule has 1 aliphatic rings. The van der Waals surface area contributed by atoms with Gasteiger partial charge >= 0.3 is 6.09 Å². The van der Waals surface area contributed by atoms with Crippen LogP contribution in [0, 0.1) is 0 Å². The first-order chi connectivity index (χ1) is 9.76. The fraction of sp³-hybridized carbons (Fsp3) is 0.467. The Morgan fingerprint density at radius 1 is 1.43 bits per heavy atom. The molecule has 0 aromatic heterocycles. The van der Waals surface area contributed by atoms with Crippen molar-refractivity contribution >= 4 is 29.5 Å². The fourth-order valence-corrected chi connectivity index (χ4v) is 2.32. The number of nitrogens with one attached hydrogen (secondary N) is 1. The largest absolute Gasteiger partial charge is 0.444 e. The first-order valence-electron chi connectivity index (χ1n) is 6.65. The minimum absolute atomic E-state index is 0.515. The number of rotatable bonds is 3. The molecule has 0 atom stereocenters. The highest BCUT2D eigenvalue weighted by Gasteiger charge is 2.46. The van der Waals surface area contributed by atoms with Crippen molar-refractivity contribution in [3.8, 4) is 0 Å². The first-order valence-corrected chi connectivity index (χ1v) is 7.03. The van der Waals surface area contributed by atoms with Gasteiger partial charge in [0.05, 0.1) is 5.54 Å². The molecule has 1 fully saturated rings. The van der Waals surface area contributed by atoms with E-state index in [2.05, 4.69) is 10.3 Å². The topological polar surface area (TPSA) is 67.8 Å². The van der Waals surface area contributed by atoms with E-state index in [1.807, 2.05) is 0 Å². The maximum absolute atomic E-state index is 11.8. The van der Waals surface area contributed by atoms with Crippen molar-refractivity contribution in [1.82, 2.24) is 0 Å². The van der Waals surface area contributed by atoms with Gasteiger partial charge in [-0.05, 0) is 51.8 Å². The normalized spacial score (nSPS) is 15.8. The monoisotopic (exact) mass is 308 g/mol. The van der Waals surface area contributed by atoms with Crippen LogP contribution in [0.25, 0.3) is 0 Å². The minimum atomic E-state index is -0.579.